The number of aromatic amines is 1. The van der Waals surface area contributed by atoms with E-state index in [1.165, 1.54) is 24.4 Å². The second-order valence-electron chi connectivity index (χ2n) is 8.92. The van der Waals surface area contributed by atoms with E-state index >= 15 is 4.39 Å². The molecule has 9 heteroatoms. The first-order valence-electron chi connectivity index (χ1n) is 10.7. The predicted octanol–water partition coefficient (Wildman–Crippen LogP) is 3.47. The first kappa shape index (κ1) is 21.0. The normalized spacial score (nSPS) is 24.9. The molecule has 4 aliphatic rings. The molecule has 1 aliphatic carbocycles. The number of nitrogens with zero attached hydrogens (tertiary/aromatic N) is 2. The van der Waals surface area contributed by atoms with E-state index in [0.29, 0.717) is 24.4 Å². The van der Waals surface area contributed by atoms with E-state index in [0.717, 1.165) is 29.6 Å². The van der Waals surface area contributed by atoms with Crippen molar-refractivity contribution in [3.63, 3.8) is 0 Å². The second kappa shape index (κ2) is 7.94. The topological polar surface area (TPSA) is 77.7 Å². The van der Waals surface area contributed by atoms with Gasteiger partial charge in [0.2, 0.25) is 0 Å². The summed E-state index contributed by atoms with van der Waals surface area (Å²) in [7, 11) is 0. The third-order valence-electron chi connectivity index (χ3n) is 6.72. The molecular weight excluding hydrogens is 435 g/mol. The molecule has 0 spiro atoms. The molecule has 32 heavy (non-hydrogen) atoms. The lowest BCUT2D eigenvalue weighted by Crippen LogP contribution is -2.24. The Bertz CT molecular complexity index is 1120. The number of hydrogen-bond donors (Lipinski definition) is 2. The Morgan fingerprint density at radius 2 is 2.00 bits per heavy atom. The first-order chi connectivity index (χ1) is 15.0. The molecule has 3 aliphatic heterocycles. The second-order valence-corrected chi connectivity index (χ2v) is 8.92. The summed E-state index contributed by atoms with van der Waals surface area (Å²) in [6, 6.07) is 5.31. The summed E-state index contributed by atoms with van der Waals surface area (Å²) in [6.45, 7) is 4.08. The zero-order valence-electron chi connectivity index (χ0n) is 17.4. The summed E-state index contributed by atoms with van der Waals surface area (Å²) in [5.41, 5.74) is 3.28. The van der Waals surface area contributed by atoms with Gasteiger partial charge in [0.05, 0.1) is 24.4 Å². The van der Waals surface area contributed by atoms with Crippen molar-refractivity contribution in [2.24, 2.45) is 11.8 Å². The standard InChI is InChI=1S/C23H23FN4O3.ClH/c24-21-14(12-28-3-4-31-23(28)30)1-2-19-20(21)18(22(29)26-19)7-17-5-13(8-25-17)9-27-10-15-6-16(15)11-27;/h1-2,5,7-8,15-16,25H,3-4,6,9-12H2,(H,26,29);1H/t15-,16?;/m1./s1. The van der Waals surface area contributed by atoms with Gasteiger partial charge >= 0.3 is 6.09 Å². The van der Waals surface area contributed by atoms with Crippen LogP contribution in [0.15, 0.2) is 24.4 Å². The van der Waals surface area contributed by atoms with E-state index in [-0.39, 0.29) is 36.0 Å². The summed E-state index contributed by atoms with van der Waals surface area (Å²) in [5.74, 6) is 0.963. The number of ether oxygens (including phenoxy) is 1. The third-order valence-corrected chi connectivity index (χ3v) is 6.72. The molecule has 4 heterocycles. The number of aromatic nitrogens is 1. The summed E-state index contributed by atoms with van der Waals surface area (Å²) in [5, 5.41) is 2.74. The average Bonchev–Trinajstić information content (AvgIpc) is 3.15. The maximum atomic E-state index is 15.4. The monoisotopic (exact) mass is 458 g/mol. The van der Waals surface area contributed by atoms with Crippen LogP contribution in [0.2, 0.25) is 0 Å². The van der Waals surface area contributed by atoms with Gasteiger partial charge in [-0.1, -0.05) is 6.07 Å². The Kier molecular flexibility index (Phi) is 5.22. The van der Waals surface area contributed by atoms with Crippen LogP contribution in [0.3, 0.4) is 0 Å². The summed E-state index contributed by atoms with van der Waals surface area (Å²) in [4.78, 5) is 31.4. The number of piperidine rings is 1. The molecule has 1 unspecified atom stereocenters. The minimum absolute atomic E-state index is 0. The van der Waals surface area contributed by atoms with Crippen molar-refractivity contribution in [3.05, 3.63) is 52.6 Å². The Morgan fingerprint density at radius 3 is 2.75 bits per heavy atom. The first-order valence-corrected chi connectivity index (χ1v) is 10.7. The molecule has 0 radical (unpaired) electrons. The van der Waals surface area contributed by atoms with Gasteiger partial charge in [0.1, 0.15) is 12.4 Å². The van der Waals surface area contributed by atoms with Gasteiger partial charge < -0.3 is 19.9 Å². The predicted molar refractivity (Wildman–Crippen MR) is 120 cm³/mol. The molecule has 168 valence electrons. The molecule has 2 amide bonds. The van der Waals surface area contributed by atoms with Crippen LogP contribution >= 0.6 is 12.4 Å². The Balaban J connectivity index is 0.00000216. The number of benzene rings is 1. The van der Waals surface area contributed by atoms with Crippen LogP contribution in [0.1, 0.15) is 28.8 Å². The van der Waals surface area contributed by atoms with Crippen molar-refractivity contribution in [2.75, 3.05) is 31.6 Å². The zero-order chi connectivity index (χ0) is 21.1. The maximum Gasteiger partial charge on any atom is 0.410 e. The van der Waals surface area contributed by atoms with Gasteiger partial charge in [-0.15, -0.1) is 12.4 Å². The van der Waals surface area contributed by atoms with Gasteiger partial charge in [-0.05, 0) is 42.0 Å². The lowest BCUT2D eigenvalue weighted by molar-refractivity contribution is -0.110. The SMILES string of the molecule is Cl.O=C1Nc2ccc(CN3CCOC3=O)c(F)c2C1=Cc1cc(CN2CC3C[C@@H]3C2)c[nH]1. The minimum Gasteiger partial charge on any atom is -0.448 e. The summed E-state index contributed by atoms with van der Waals surface area (Å²) in [6.07, 6.45) is 4.58. The summed E-state index contributed by atoms with van der Waals surface area (Å²) >= 11 is 0. The number of likely N-dealkylation sites (tertiary alicyclic amines) is 1. The molecule has 3 fully saturated rings. The number of anilines is 1. The van der Waals surface area contributed by atoms with E-state index in [1.54, 1.807) is 18.2 Å². The van der Waals surface area contributed by atoms with Gasteiger partial charge in [0, 0.05) is 42.7 Å². The van der Waals surface area contributed by atoms with Crippen LogP contribution in [0, 0.1) is 17.7 Å². The fraction of sp³-hybridized carbons (Fsp3) is 0.391. The molecule has 2 saturated heterocycles. The van der Waals surface area contributed by atoms with Crippen molar-refractivity contribution < 1.29 is 18.7 Å². The van der Waals surface area contributed by atoms with E-state index in [2.05, 4.69) is 15.2 Å². The highest BCUT2D eigenvalue weighted by Gasteiger charge is 2.44. The van der Waals surface area contributed by atoms with Crippen LogP contribution in [-0.4, -0.2) is 53.0 Å². The molecule has 2 N–H and O–H groups in total. The number of rotatable bonds is 5. The van der Waals surface area contributed by atoms with Gasteiger partial charge in [0.15, 0.2) is 0 Å². The van der Waals surface area contributed by atoms with E-state index in [4.69, 9.17) is 4.74 Å². The molecular formula is C23H24ClFN4O3. The number of amides is 2. The molecule has 1 aromatic carbocycles. The van der Waals surface area contributed by atoms with Crippen molar-refractivity contribution >= 4 is 41.7 Å². The molecule has 1 aromatic heterocycles. The van der Waals surface area contributed by atoms with Crippen LogP contribution in [0.5, 0.6) is 0 Å². The number of carbonyl (C=O) groups excluding carboxylic acids is 2. The van der Waals surface area contributed by atoms with Crippen LogP contribution < -0.4 is 5.32 Å². The lowest BCUT2D eigenvalue weighted by Gasteiger charge is -2.15. The number of fused-ring (bicyclic) bond motifs is 2. The van der Waals surface area contributed by atoms with Crippen LogP contribution in [0.25, 0.3) is 11.6 Å². The Hall–Kier alpha value is -2.84. The highest BCUT2D eigenvalue weighted by Crippen LogP contribution is 2.45. The highest BCUT2D eigenvalue weighted by molar-refractivity contribution is 6.35. The van der Waals surface area contributed by atoms with Gasteiger partial charge in [-0.3, -0.25) is 9.69 Å². The number of nitrogens with one attached hydrogen (secondary N) is 2. The molecule has 2 aromatic rings. The third kappa shape index (κ3) is 3.67. The van der Waals surface area contributed by atoms with E-state index in [1.807, 2.05) is 12.3 Å². The van der Waals surface area contributed by atoms with Crippen molar-refractivity contribution in [1.82, 2.24) is 14.8 Å². The Labute approximate surface area is 191 Å². The van der Waals surface area contributed by atoms with Crippen LogP contribution in [0.4, 0.5) is 14.9 Å². The lowest BCUT2D eigenvalue weighted by atomic mass is 10.0. The number of cyclic esters (lactones) is 1. The van der Waals surface area contributed by atoms with E-state index < -0.39 is 11.9 Å². The van der Waals surface area contributed by atoms with Gasteiger partial charge in [-0.25, -0.2) is 9.18 Å². The largest absolute Gasteiger partial charge is 0.448 e. The van der Waals surface area contributed by atoms with Gasteiger partial charge in [0.25, 0.3) is 5.91 Å². The molecule has 6 rings (SSSR count). The zero-order valence-corrected chi connectivity index (χ0v) is 18.2. The average molecular weight is 459 g/mol. The van der Waals surface area contributed by atoms with Crippen molar-refractivity contribution in [1.29, 1.82) is 0 Å². The number of carbonyl (C=O) groups is 2. The highest BCUT2D eigenvalue weighted by atomic mass is 35.5. The molecule has 1 saturated carbocycles. The number of halogens is 2. The minimum atomic E-state index is -0.482. The maximum absolute atomic E-state index is 15.4. The molecule has 7 nitrogen and oxygen atoms in total. The van der Waals surface area contributed by atoms with Gasteiger partial charge in [-0.2, -0.15) is 0 Å². The smallest absolute Gasteiger partial charge is 0.410 e. The molecule has 2 atom stereocenters. The number of H-pyrrole nitrogens is 1. The fourth-order valence-corrected chi connectivity index (χ4v) is 5.00. The van der Waals surface area contributed by atoms with E-state index in [9.17, 15) is 9.59 Å². The van der Waals surface area contributed by atoms with Crippen molar-refractivity contribution in [2.45, 2.75) is 19.5 Å². The number of hydrogen-bond acceptors (Lipinski definition) is 4. The van der Waals surface area contributed by atoms with Crippen LogP contribution in [-0.2, 0) is 22.6 Å². The fourth-order valence-electron chi connectivity index (χ4n) is 5.00. The Morgan fingerprint density at radius 1 is 1.19 bits per heavy atom. The molecule has 0 bridgehead atoms. The van der Waals surface area contributed by atoms with Crippen molar-refractivity contribution in [3.8, 4) is 0 Å². The quantitative estimate of drug-likeness (QED) is 0.672. The summed E-state index contributed by atoms with van der Waals surface area (Å²) < 4.78 is 20.3.